The second-order valence-corrected chi connectivity index (χ2v) is 7.30. The maximum atomic E-state index is 9.95. The van der Waals surface area contributed by atoms with Crippen molar-refractivity contribution in [2.75, 3.05) is 17.6 Å². The summed E-state index contributed by atoms with van der Waals surface area (Å²) in [6.45, 7) is 1.87. The summed E-state index contributed by atoms with van der Waals surface area (Å²) in [4.78, 5) is 40.1. The van der Waals surface area contributed by atoms with Crippen LogP contribution in [-0.2, 0) is 14.4 Å². The van der Waals surface area contributed by atoms with E-state index in [1.807, 2.05) is 6.92 Å². The Morgan fingerprint density at radius 2 is 1.12 bits per heavy atom. The van der Waals surface area contributed by atoms with Crippen molar-refractivity contribution in [3.8, 4) is 0 Å². The molecule has 0 unspecified atom stereocenters. The Balaban J connectivity index is 4.35. The normalized spacial score (nSPS) is 12.5. The molecule has 0 aromatic carbocycles. The summed E-state index contributed by atoms with van der Waals surface area (Å²) < 4.78 is -0.416. The molecule has 0 amide bonds. The van der Waals surface area contributed by atoms with E-state index in [9.17, 15) is 14.4 Å². The van der Waals surface area contributed by atoms with Gasteiger partial charge in [-0.2, -0.15) is 15.0 Å². The van der Waals surface area contributed by atoms with E-state index in [2.05, 4.69) is 15.0 Å². The van der Waals surface area contributed by atoms with Gasteiger partial charge in [0.2, 0.25) is 18.2 Å². The Morgan fingerprint density at radius 3 is 1.35 bits per heavy atom. The number of aliphatic imine (C=N–C) groups is 3. The summed E-state index contributed by atoms with van der Waals surface area (Å²) in [6.07, 6.45) is 4.32. The zero-order chi connectivity index (χ0) is 13.0. The van der Waals surface area contributed by atoms with Crippen molar-refractivity contribution in [3.63, 3.8) is 0 Å². The van der Waals surface area contributed by atoms with Crippen LogP contribution in [0.3, 0.4) is 0 Å². The number of isocyanates is 3. The minimum absolute atomic E-state index is 0.246. The van der Waals surface area contributed by atoms with Crippen LogP contribution in [-0.4, -0.2) is 39.3 Å². The van der Waals surface area contributed by atoms with Gasteiger partial charge in [-0.05, 0) is 6.92 Å². The van der Waals surface area contributed by atoms with Crippen molar-refractivity contribution in [1.29, 1.82) is 0 Å². The fourth-order valence-corrected chi connectivity index (χ4v) is 3.66. The lowest BCUT2D eigenvalue weighted by Gasteiger charge is -2.24. The fraction of sp³-hybridized carbons (Fsp3) is 0.625. The number of hydrogen-bond donors (Lipinski definition) is 0. The quantitative estimate of drug-likeness (QED) is 0.365. The molecule has 17 heavy (non-hydrogen) atoms. The number of rotatable bonds is 9. The number of hydrogen-bond acceptors (Lipinski definition) is 9. The standard InChI is InChI=1S/C8H9N3O3S3/c1-8(15-5-9-2-12,16-6-10-3-13)17-7-11-4-14/h5-7H2,1H3. The number of carbonyl (C=O) groups excluding carboxylic acids is 3. The first kappa shape index (κ1) is 16.2. The SMILES string of the molecule is CC(SCN=C=O)(SCN=C=O)SCN=C=O. The van der Waals surface area contributed by atoms with Gasteiger partial charge in [0.25, 0.3) is 0 Å². The minimum Gasteiger partial charge on any atom is -0.211 e. The van der Waals surface area contributed by atoms with E-state index in [1.54, 1.807) is 0 Å². The third-order valence-electron chi connectivity index (χ3n) is 1.37. The van der Waals surface area contributed by atoms with Crippen LogP contribution in [0, 0.1) is 0 Å². The monoisotopic (exact) mass is 291 g/mol. The first-order valence-corrected chi connectivity index (χ1v) is 7.17. The molecule has 0 aromatic rings. The summed E-state index contributed by atoms with van der Waals surface area (Å²) in [6, 6.07) is 0. The van der Waals surface area contributed by atoms with Gasteiger partial charge in [0.15, 0.2) is 0 Å². The maximum Gasteiger partial charge on any atom is 0.235 e. The highest BCUT2D eigenvalue weighted by Crippen LogP contribution is 2.46. The molecule has 0 spiro atoms. The zero-order valence-electron chi connectivity index (χ0n) is 8.91. The molecule has 0 aliphatic rings. The van der Waals surface area contributed by atoms with Gasteiger partial charge in [-0.15, -0.1) is 35.3 Å². The smallest absolute Gasteiger partial charge is 0.211 e. The highest BCUT2D eigenvalue weighted by atomic mass is 32.3. The molecule has 0 N–H and O–H groups in total. The van der Waals surface area contributed by atoms with E-state index in [4.69, 9.17) is 0 Å². The van der Waals surface area contributed by atoms with E-state index >= 15 is 0 Å². The second kappa shape index (κ2) is 10.4. The molecule has 0 aliphatic carbocycles. The van der Waals surface area contributed by atoms with Crippen LogP contribution in [0.15, 0.2) is 15.0 Å². The predicted octanol–water partition coefficient (Wildman–Crippen LogP) is 1.74. The van der Waals surface area contributed by atoms with E-state index in [0.717, 1.165) is 0 Å². The molecule has 92 valence electrons. The van der Waals surface area contributed by atoms with Crippen LogP contribution in [0.4, 0.5) is 0 Å². The Hall–Kier alpha value is -0.810. The van der Waals surface area contributed by atoms with Crippen molar-refractivity contribution in [2.45, 2.75) is 10.3 Å². The van der Waals surface area contributed by atoms with Crippen molar-refractivity contribution in [3.05, 3.63) is 0 Å². The zero-order valence-corrected chi connectivity index (χ0v) is 11.4. The Labute approximate surface area is 111 Å². The lowest BCUT2D eigenvalue weighted by molar-refractivity contribution is 0.563. The average molecular weight is 291 g/mol. The van der Waals surface area contributed by atoms with Gasteiger partial charge in [0, 0.05) is 0 Å². The van der Waals surface area contributed by atoms with Crippen LogP contribution in [0.2, 0.25) is 0 Å². The summed E-state index contributed by atoms with van der Waals surface area (Å²) >= 11 is 4.10. The van der Waals surface area contributed by atoms with E-state index in [1.165, 1.54) is 53.5 Å². The summed E-state index contributed by atoms with van der Waals surface area (Å²) in [5, 5.41) is 0. The highest BCUT2D eigenvalue weighted by molar-refractivity contribution is 8.33. The van der Waals surface area contributed by atoms with Gasteiger partial charge in [-0.1, -0.05) is 0 Å². The van der Waals surface area contributed by atoms with E-state index in [-0.39, 0.29) is 17.6 Å². The first-order chi connectivity index (χ1) is 8.18. The molecule has 0 aromatic heterocycles. The van der Waals surface area contributed by atoms with Crippen LogP contribution in [0.5, 0.6) is 0 Å². The lowest BCUT2D eigenvalue weighted by atomic mass is 10.9. The van der Waals surface area contributed by atoms with Gasteiger partial charge in [0.1, 0.15) is 3.41 Å². The molecule has 0 saturated heterocycles. The summed E-state index contributed by atoms with van der Waals surface area (Å²) in [5.41, 5.74) is 0. The molecule has 0 saturated carbocycles. The molecule has 0 bridgehead atoms. The average Bonchev–Trinajstić information content (AvgIpc) is 2.30. The van der Waals surface area contributed by atoms with Gasteiger partial charge in [0.05, 0.1) is 17.6 Å². The largest absolute Gasteiger partial charge is 0.235 e. The molecule has 0 atom stereocenters. The van der Waals surface area contributed by atoms with Crippen LogP contribution < -0.4 is 0 Å². The van der Waals surface area contributed by atoms with Crippen LogP contribution in [0.1, 0.15) is 6.92 Å². The molecule has 0 rings (SSSR count). The van der Waals surface area contributed by atoms with E-state index in [0.29, 0.717) is 0 Å². The molecule has 9 heteroatoms. The molecular formula is C8H9N3O3S3. The van der Waals surface area contributed by atoms with Gasteiger partial charge < -0.3 is 0 Å². The molecular weight excluding hydrogens is 282 g/mol. The van der Waals surface area contributed by atoms with Crippen molar-refractivity contribution < 1.29 is 14.4 Å². The van der Waals surface area contributed by atoms with Crippen molar-refractivity contribution in [2.24, 2.45) is 15.0 Å². The lowest BCUT2D eigenvalue weighted by Crippen LogP contribution is -2.11. The van der Waals surface area contributed by atoms with Crippen LogP contribution in [0.25, 0.3) is 0 Å². The fourth-order valence-electron chi connectivity index (χ4n) is 0.653. The Morgan fingerprint density at radius 1 is 0.824 bits per heavy atom. The maximum absolute atomic E-state index is 9.95. The topological polar surface area (TPSA) is 88.3 Å². The molecule has 0 heterocycles. The summed E-state index contributed by atoms with van der Waals surface area (Å²) in [7, 11) is 0. The van der Waals surface area contributed by atoms with Gasteiger partial charge >= 0.3 is 0 Å². The Bertz CT molecular complexity index is 316. The second-order valence-electron chi connectivity index (χ2n) is 2.43. The van der Waals surface area contributed by atoms with Crippen molar-refractivity contribution in [1.82, 2.24) is 0 Å². The van der Waals surface area contributed by atoms with Crippen molar-refractivity contribution >= 4 is 53.5 Å². The molecule has 6 nitrogen and oxygen atoms in total. The summed E-state index contributed by atoms with van der Waals surface area (Å²) in [5.74, 6) is 0.737. The molecule has 0 radical (unpaired) electrons. The van der Waals surface area contributed by atoms with Gasteiger partial charge in [-0.3, -0.25) is 0 Å². The molecule has 0 fully saturated rings. The van der Waals surface area contributed by atoms with Crippen LogP contribution >= 0.6 is 35.3 Å². The molecule has 0 aliphatic heterocycles. The minimum atomic E-state index is -0.416. The number of thioether (sulfide) groups is 3. The predicted molar refractivity (Wildman–Crippen MR) is 70.1 cm³/mol. The Kier molecular flexibility index (Phi) is 9.86. The third-order valence-corrected chi connectivity index (χ3v) is 5.84. The number of nitrogens with zero attached hydrogens (tertiary/aromatic N) is 3. The van der Waals surface area contributed by atoms with Gasteiger partial charge in [-0.25, -0.2) is 14.4 Å². The van der Waals surface area contributed by atoms with E-state index < -0.39 is 3.41 Å². The third kappa shape index (κ3) is 8.94. The highest BCUT2D eigenvalue weighted by Gasteiger charge is 2.25. The first-order valence-electron chi connectivity index (χ1n) is 4.21.